The first-order chi connectivity index (χ1) is 12.2. The minimum absolute atomic E-state index is 0.0470. The topological polar surface area (TPSA) is 62.3 Å². The van der Waals surface area contributed by atoms with Gasteiger partial charge in [0.05, 0.1) is 26.0 Å². The normalized spacial score (nSPS) is 18.2. The Morgan fingerprint density at radius 3 is 2.20 bits per heavy atom. The van der Waals surface area contributed by atoms with Crippen LogP contribution in [0, 0.1) is 0 Å². The molecule has 0 spiro atoms. The van der Waals surface area contributed by atoms with Crippen molar-refractivity contribution in [1.29, 1.82) is 0 Å². The van der Waals surface area contributed by atoms with Gasteiger partial charge in [0.15, 0.2) is 0 Å². The summed E-state index contributed by atoms with van der Waals surface area (Å²) in [4.78, 5) is 30.3. The molecule has 7 nitrogen and oxygen atoms in total. The first-order valence-electron chi connectivity index (χ1n) is 8.70. The van der Waals surface area contributed by atoms with Gasteiger partial charge in [0.2, 0.25) is 11.8 Å². The van der Waals surface area contributed by atoms with Crippen molar-refractivity contribution in [1.82, 2.24) is 9.80 Å². The van der Waals surface area contributed by atoms with E-state index in [2.05, 4.69) is 4.90 Å². The predicted octanol–water partition coefficient (Wildman–Crippen LogP) is 0.593. The molecule has 2 heterocycles. The molecule has 0 radical (unpaired) electrons. The average Bonchev–Trinajstić information content (AvgIpc) is 2.68. The van der Waals surface area contributed by atoms with Crippen molar-refractivity contribution in [2.24, 2.45) is 0 Å². The Labute approximate surface area is 148 Å². The van der Waals surface area contributed by atoms with Gasteiger partial charge in [-0.3, -0.25) is 9.59 Å². The summed E-state index contributed by atoms with van der Waals surface area (Å²) in [6.07, 6.45) is -0.0470. The Morgan fingerprint density at radius 2 is 1.56 bits per heavy atom. The number of rotatable bonds is 4. The fourth-order valence-electron chi connectivity index (χ4n) is 3.25. The molecule has 0 atom stereocenters. The number of hydrogen-bond acceptors (Lipinski definition) is 5. The Morgan fingerprint density at radius 1 is 0.960 bits per heavy atom. The molecule has 3 rings (SSSR count). The highest BCUT2D eigenvalue weighted by Crippen LogP contribution is 2.28. The molecule has 1 aromatic rings. The Kier molecular flexibility index (Phi) is 5.75. The molecular formula is C18H25N3O4. The molecule has 2 fully saturated rings. The third-order valence-electron chi connectivity index (χ3n) is 4.72. The summed E-state index contributed by atoms with van der Waals surface area (Å²) >= 11 is 0. The minimum Gasteiger partial charge on any atom is -0.495 e. The van der Waals surface area contributed by atoms with Crippen LogP contribution in [0.5, 0.6) is 5.75 Å². The van der Waals surface area contributed by atoms with Gasteiger partial charge in [-0.2, -0.15) is 0 Å². The third-order valence-corrected chi connectivity index (χ3v) is 4.72. The van der Waals surface area contributed by atoms with Crippen molar-refractivity contribution in [2.45, 2.75) is 6.42 Å². The fourth-order valence-corrected chi connectivity index (χ4v) is 3.25. The molecule has 2 aliphatic rings. The molecule has 2 aliphatic heterocycles. The van der Waals surface area contributed by atoms with Crippen LogP contribution in [-0.4, -0.2) is 81.2 Å². The van der Waals surface area contributed by atoms with Gasteiger partial charge in [-0.1, -0.05) is 12.1 Å². The summed E-state index contributed by atoms with van der Waals surface area (Å²) in [6.45, 7) is 4.96. The van der Waals surface area contributed by atoms with Crippen LogP contribution in [0.25, 0.3) is 0 Å². The summed E-state index contributed by atoms with van der Waals surface area (Å²) in [5, 5.41) is 0. The molecule has 2 amide bonds. The van der Waals surface area contributed by atoms with E-state index >= 15 is 0 Å². The zero-order valence-corrected chi connectivity index (χ0v) is 14.6. The van der Waals surface area contributed by atoms with Gasteiger partial charge < -0.3 is 24.2 Å². The number of benzene rings is 1. The van der Waals surface area contributed by atoms with Crippen molar-refractivity contribution >= 4 is 17.5 Å². The number of hydrogen-bond donors (Lipinski definition) is 0. The molecule has 0 bridgehead atoms. The summed E-state index contributed by atoms with van der Waals surface area (Å²) in [5.41, 5.74) is 1.04. The molecule has 7 heteroatoms. The van der Waals surface area contributed by atoms with E-state index in [1.54, 1.807) is 16.9 Å². The quantitative estimate of drug-likeness (QED) is 0.746. The summed E-state index contributed by atoms with van der Waals surface area (Å²) in [5.74, 6) is 0.654. The van der Waals surface area contributed by atoms with E-state index in [0.29, 0.717) is 39.4 Å². The molecule has 0 aliphatic carbocycles. The molecule has 2 saturated heterocycles. The van der Waals surface area contributed by atoms with Crippen molar-refractivity contribution < 1.29 is 19.1 Å². The molecule has 1 aromatic carbocycles. The number of carbonyl (C=O) groups excluding carboxylic acids is 2. The second-order valence-electron chi connectivity index (χ2n) is 6.21. The number of amides is 2. The highest BCUT2D eigenvalue weighted by molar-refractivity contribution is 5.97. The van der Waals surface area contributed by atoms with Crippen molar-refractivity contribution in [2.75, 3.05) is 64.5 Å². The van der Waals surface area contributed by atoms with Crippen LogP contribution in [0.1, 0.15) is 6.42 Å². The van der Waals surface area contributed by atoms with Gasteiger partial charge in [-0.25, -0.2) is 0 Å². The van der Waals surface area contributed by atoms with Crippen LogP contribution in [0.3, 0.4) is 0 Å². The number of ether oxygens (including phenoxy) is 2. The number of morpholine rings is 1. The lowest BCUT2D eigenvalue weighted by Crippen LogP contribution is -2.50. The first-order valence-corrected chi connectivity index (χ1v) is 8.70. The van der Waals surface area contributed by atoms with Gasteiger partial charge in [0, 0.05) is 39.3 Å². The highest BCUT2D eigenvalue weighted by atomic mass is 16.5. The van der Waals surface area contributed by atoms with Gasteiger partial charge in [-0.15, -0.1) is 0 Å². The maximum atomic E-state index is 12.4. The Hall–Kier alpha value is -2.28. The Bertz CT molecular complexity index is 608. The zero-order valence-electron chi connectivity index (χ0n) is 14.6. The van der Waals surface area contributed by atoms with Crippen LogP contribution in [0.4, 0.5) is 5.69 Å². The summed E-state index contributed by atoms with van der Waals surface area (Å²) in [7, 11) is 1.66. The number of carbonyl (C=O) groups is 2. The second-order valence-corrected chi connectivity index (χ2v) is 6.21. The van der Waals surface area contributed by atoms with E-state index in [4.69, 9.17) is 9.47 Å². The molecule has 0 unspecified atom stereocenters. The Balaban J connectivity index is 1.51. The van der Waals surface area contributed by atoms with E-state index in [1.807, 2.05) is 24.3 Å². The minimum atomic E-state index is -0.0968. The summed E-state index contributed by atoms with van der Waals surface area (Å²) < 4.78 is 10.6. The number of piperazine rings is 1. The van der Waals surface area contributed by atoms with Crippen LogP contribution in [-0.2, 0) is 14.3 Å². The second kappa shape index (κ2) is 8.20. The standard InChI is InChI=1S/C18H25N3O4/c1-24-16-5-3-2-4-15(16)19-6-8-20(9-7-19)17(22)14-18(23)21-10-12-25-13-11-21/h2-5H,6-14H2,1H3. The van der Waals surface area contributed by atoms with Crippen LogP contribution >= 0.6 is 0 Å². The van der Waals surface area contributed by atoms with Gasteiger partial charge >= 0.3 is 0 Å². The molecule has 0 N–H and O–H groups in total. The summed E-state index contributed by atoms with van der Waals surface area (Å²) in [6, 6.07) is 7.89. The van der Waals surface area contributed by atoms with Crippen LogP contribution in [0.15, 0.2) is 24.3 Å². The van der Waals surface area contributed by atoms with Crippen molar-refractivity contribution in [3.05, 3.63) is 24.3 Å². The largest absolute Gasteiger partial charge is 0.495 e. The SMILES string of the molecule is COc1ccccc1N1CCN(C(=O)CC(=O)N2CCOCC2)CC1. The molecule has 0 saturated carbocycles. The van der Waals surface area contributed by atoms with E-state index in [0.717, 1.165) is 24.5 Å². The number of methoxy groups -OCH3 is 1. The van der Waals surface area contributed by atoms with E-state index in [9.17, 15) is 9.59 Å². The maximum Gasteiger partial charge on any atom is 0.232 e. The third kappa shape index (κ3) is 4.22. The average molecular weight is 347 g/mol. The van der Waals surface area contributed by atoms with Gasteiger partial charge in [0.25, 0.3) is 0 Å². The lowest BCUT2D eigenvalue weighted by molar-refractivity contribution is -0.143. The van der Waals surface area contributed by atoms with Crippen LogP contribution in [0.2, 0.25) is 0 Å². The fraction of sp³-hybridized carbons (Fsp3) is 0.556. The molecule has 0 aromatic heterocycles. The molecular weight excluding hydrogens is 322 g/mol. The van der Waals surface area contributed by atoms with Crippen LogP contribution < -0.4 is 9.64 Å². The monoisotopic (exact) mass is 347 g/mol. The van der Waals surface area contributed by atoms with E-state index in [1.165, 1.54) is 0 Å². The predicted molar refractivity (Wildman–Crippen MR) is 93.8 cm³/mol. The van der Waals surface area contributed by atoms with Gasteiger partial charge in [0.1, 0.15) is 12.2 Å². The first kappa shape index (κ1) is 17.5. The lowest BCUT2D eigenvalue weighted by Gasteiger charge is -2.37. The number of anilines is 1. The zero-order chi connectivity index (χ0) is 17.6. The molecule has 136 valence electrons. The van der Waals surface area contributed by atoms with Crippen molar-refractivity contribution in [3.63, 3.8) is 0 Å². The highest BCUT2D eigenvalue weighted by Gasteiger charge is 2.26. The van der Waals surface area contributed by atoms with E-state index < -0.39 is 0 Å². The number of nitrogens with zero attached hydrogens (tertiary/aromatic N) is 3. The van der Waals surface area contributed by atoms with Crippen molar-refractivity contribution in [3.8, 4) is 5.75 Å². The smallest absolute Gasteiger partial charge is 0.232 e. The maximum absolute atomic E-state index is 12.4. The lowest BCUT2D eigenvalue weighted by atomic mass is 10.2. The van der Waals surface area contributed by atoms with Gasteiger partial charge in [-0.05, 0) is 12.1 Å². The molecule has 25 heavy (non-hydrogen) atoms. The van der Waals surface area contributed by atoms with E-state index in [-0.39, 0.29) is 18.2 Å². The number of para-hydroxylation sites is 2.